The molecule has 0 aliphatic carbocycles. The monoisotopic (exact) mass is 440 g/mol. The molecule has 0 unspecified atom stereocenters. The normalized spacial score (nSPS) is 14.6. The lowest BCUT2D eigenvalue weighted by Gasteiger charge is -2.32. The molecule has 0 radical (unpaired) electrons. The van der Waals surface area contributed by atoms with E-state index in [1.54, 1.807) is 0 Å². The fourth-order valence-electron chi connectivity index (χ4n) is 4.58. The standard InChI is InChI=1S/C28H25ClN2O/c29-23-12-10-22(11-13-23)27-19-25(24-8-4-5-9-26(24)30-27)28(32)31-16-14-21(15-17-31)18-20-6-2-1-3-7-20/h1-13,19,21H,14-18H2. The van der Waals surface area contributed by atoms with Crippen LogP contribution in [0.1, 0.15) is 28.8 Å². The van der Waals surface area contributed by atoms with Gasteiger partial charge < -0.3 is 4.90 Å². The molecule has 1 saturated heterocycles. The molecule has 0 bridgehead atoms. The summed E-state index contributed by atoms with van der Waals surface area (Å²) < 4.78 is 0. The van der Waals surface area contributed by atoms with Crippen LogP contribution in [0.2, 0.25) is 5.02 Å². The van der Waals surface area contributed by atoms with Gasteiger partial charge in [-0.25, -0.2) is 4.98 Å². The first kappa shape index (κ1) is 20.7. The summed E-state index contributed by atoms with van der Waals surface area (Å²) in [5.74, 6) is 0.720. The predicted octanol–water partition coefficient (Wildman–Crippen LogP) is 6.65. The summed E-state index contributed by atoms with van der Waals surface area (Å²) in [7, 11) is 0. The summed E-state index contributed by atoms with van der Waals surface area (Å²) in [4.78, 5) is 20.4. The molecule has 0 N–H and O–H groups in total. The van der Waals surface area contributed by atoms with Crippen LogP contribution in [0.25, 0.3) is 22.2 Å². The van der Waals surface area contributed by atoms with Gasteiger partial charge in [0.1, 0.15) is 0 Å². The van der Waals surface area contributed by atoms with Crippen LogP contribution in [-0.4, -0.2) is 28.9 Å². The molecule has 1 aliphatic heterocycles. The number of hydrogen-bond acceptors (Lipinski definition) is 2. The van der Waals surface area contributed by atoms with Gasteiger partial charge in [0.05, 0.1) is 16.8 Å². The lowest BCUT2D eigenvalue weighted by atomic mass is 9.90. The topological polar surface area (TPSA) is 33.2 Å². The van der Waals surface area contributed by atoms with Gasteiger partial charge in [0.25, 0.3) is 5.91 Å². The van der Waals surface area contributed by atoms with E-state index in [0.717, 1.165) is 60.1 Å². The SMILES string of the molecule is O=C(c1cc(-c2ccc(Cl)cc2)nc2ccccc12)N1CCC(Cc2ccccc2)CC1. The molecular formula is C28H25ClN2O. The van der Waals surface area contributed by atoms with Crippen molar-refractivity contribution in [3.63, 3.8) is 0 Å². The number of halogens is 1. The number of hydrogen-bond donors (Lipinski definition) is 0. The second-order valence-corrected chi connectivity index (χ2v) is 8.94. The van der Waals surface area contributed by atoms with Crippen molar-refractivity contribution in [2.75, 3.05) is 13.1 Å². The Morgan fingerprint density at radius 2 is 1.59 bits per heavy atom. The molecule has 1 fully saturated rings. The number of likely N-dealkylation sites (tertiary alicyclic amines) is 1. The molecule has 32 heavy (non-hydrogen) atoms. The Morgan fingerprint density at radius 3 is 2.34 bits per heavy atom. The van der Waals surface area contributed by atoms with E-state index in [1.807, 2.05) is 59.5 Å². The summed E-state index contributed by atoms with van der Waals surface area (Å²) in [6, 6.07) is 28.1. The summed E-state index contributed by atoms with van der Waals surface area (Å²) >= 11 is 6.06. The maximum Gasteiger partial charge on any atom is 0.254 e. The Labute approximate surface area is 193 Å². The maximum atomic E-state index is 13.6. The number of pyridine rings is 1. The second kappa shape index (κ2) is 9.13. The van der Waals surface area contributed by atoms with E-state index in [0.29, 0.717) is 10.9 Å². The first-order chi connectivity index (χ1) is 15.7. The number of carbonyl (C=O) groups is 1. The van der Waals surface area contributed by atoms with Crippen molar-refractivity contribution in [1.82, 2.24) is 9.88 Å². The molecule has 3 nitrogen and oxygen atoms in total. The van der Waals surface area contributed by atoms with Crippen LogP contribution < -0.4 is 0 Å². The molecule has 1 aromatic heterocycles. The molecule has 4 aromatic rings. The second-order valence-electron chi connectivity index (χ2n) is 8.50. The molecule has 5 rings (SSSR count). The number of rotatable bonds is 4. The highest BCUT2D eigenvalue weighted by Gasteiger charge is 2.25. The molecule has 1 aliphatic rings. The van der Waals surface area contributed by atoms with Gasteiger partial charge in [-0.05, 0) is 55.0 Å². The van der Waals surface area contributed by atoms with E-state index in [1.165, 1.54) is 5.56 Å². The number of nitrogens with zero attached hydrogens (tertiary/aromatic N) is 2. The van der Waals surface area contributed by atoms with E-state index in [2.05, 4.69) is 30.3 Å². The van der Waals surface area contributed by atoms with Gasteiger partial charge in [0.15, 0.2) is 0 Å². The summed E-state index contributed by atoms with van der Waals surface area (Å²) in [6.07, 6.45) is 3.16. The van der Waals surface area contributed by atoms with Gasteiger partial charge in [0, 0.05) is 29.1 Å². The van der Waals surface area contributed by atoms with Crippen molar-refractivity contribution in [2.24, 2.45) is 5.92 Å². The average Bonchev–Trinajstić information content (AvgIpc) is 2.84. The Morgan fingerprint density at radius 1 is 0.906 bits per heavy atom. The quantitative estimate of drug-likeness (QED) is 0.356. The van der Waals surface area contributed by atoms with Gasteiger partial charge >= 0.3 is 0 Å². The molecule has 0 spiro atoms. The molecule has 2 heterocycles. The van der Waals surface area contributed by atoms with Crippen molar-refractivity contribution in [3.05, 3.63) is 101 Å². The Balaban J connectivity index is 1.39. The largest absolute Gasteiger partial charge is 0.339 e. The van der Waals surface area contributed by atoms with Crippen LogP contribution >= 0.6 is 11.6 Å². The highest BCUT2D eigenvalue weighted by atomic mass is 35.5. The maximum absolute atomic E-state index is 13.6. The molecular weight excluding hydrogens is 416 g/mol. The third-order valence-electron chi connectivity index (χ3n) is 6.36. The minimum Gasteiger partial charge on any atom is -0.339 e. The Hall–Kier alpha value is -3.17. The molecule has 0 atom stereocenters. The van der Waals surface area contributed by atoms with Crippen LogP contribution in [0.3, 0.4) is 0 Å². The lowest BCUT2D eigenvalue weighted by Crippen LogP contribution is -2.39. The number of para-hydroxylation sites is 1. The van der Waals surface area contributed by atoms with Crippen LogP contribution in [0.4, 0.5) is 0 Å². The van der Waals surface area contributed by atoms with E-state index in [9.17, 15) is 4.79 Å². The molecule has 4 heteroatoms. The van der Waals surface area contributed by atoms with Crippen molar-refractivity contribution < 1.29 is 4.79 Å². The van der Waals surface area contributed by atoms with Gasteiger partial charge in [-0.15, -0.1) is 0 Å². The van der Waals surface area contributed by atoms with Crippen molar-refractivity contribution in [3.8, 4) is 11.3 Å². The van der Waals surface area contributed by atoms with Crippen molar-refractivity contribution in [1.29, 1.82) is 0 Å². The number of fused-ring (bicyclic) bond motifs is 1. The number of amides is 1. The summed E-state index contributed by atoms with van der Waals surface area (Å²) in [5.41, 5.74) is 4.69. The van der Waals surface area contributed by atoms with Crippen LogP contribution in [0.5, 0.6) is 0 Å². The van der Waals surface area contributed by atoms with Gasteiger partial charge in [0.2, 0.25) is 0 Å². The van der Waals surface area contributed by atoms with Gasteiger partial charge in [-0.2, -0.15) is 0 Å². The fraction of sp³-hybridized carbons (Fsp3) is 0.214. The fourth-order valence-corrected chi connectivity index (χ4v) is 4.70. The van der Waals surface area contributed by atoms with Crippen molar-refractivity contribution >= 4 is 28.4 Å². The Kier molecular flexibility index (Phi) is 5.91. The van der Waals surface area contributed by atoms with E-state index >= 15 is 0 Å². The van der Waals surface area contributed by atoms with Gasteiger partial charge in [-0.1, -0.05) is 72.3 Å². The van der Waals surface area contributed by atoms with Crippen LogP contribution in [0.15, 0.2) is 84.9 Å². The summed E-state index contributed by atoms with van der Waals surface area (Å²) in [6.45, 7) is 1.59. The predicted molar refractivity (Wildman–Crippen MR) is 131 cm³/mol. The minimum atomic E-state index is 0.0944. The highest BCUT2D eigenvalue weighted by Crippen LogP contribution is 2.29. The number of carbonyl (C=O) groups excluding carboxylic acids is 1. The first-order valence-corrected chi connectivity index (χ1v) is 11.5. The van der Waals surface area contributed by atoms with Crippen LogP contribution in [0, 0.1) is 5.92 Å². The smallest absolute Gasteiger partial charge is 0.254 e. The third-order valence-corrected chi connectivity index (χ3v) is 6.61. The summed E-state index contributed by atoms with van der Waals surface area (Å²) in [5, 5.41) is 1.59. The van der Waals surface area contributed by atoms with E-state index < -0.39 is 0 Å². The van der Waals surface area contributed by atoms with E-state index in [4.69, 9.17) is 16.6 Å². The minimum absolute atomic E-state index is 0.0944. The number of aromatic nitrogens is 1. The zero-order valence-corrected chi connectivity index (χ0v) is 18.6. The number of benzene rings is 3. The molecule has 3 aromatic carbocycles. The number of piperidine rings is 1. The van der Waals surface area contributed by atoms with Crippen LogP contribution in [-0.2, 0) is 6.42 Å². The zero-order chi connectivity index (χ0) is 21.9. The lowest BCUT2D eigenvalue weighted by molar-refractivity contribution is 0.0692. The Bertz CT molecular complexity index is 1230. The van der Waals surface area contributed by atoms with Gasteiger partial charge in [-0.3, -0.25) is 4.79 Å². The average molecular weight is 441 g/mol. The third kappa shape index (κ3) is 4.39. The van der Waals surface area contributed by atoms with E-state index in [-0.39, 0.29) is 5.91 Å². The molecule has 160 valence electrons. The van der Waals surface area contributed by atoms with Crippen molar-refractivity contribution in [2.45, 2.75) is 19.3 Å². The zero-order valence-electron chi connectivity index (χ0n) is 17.9. The highest BCUT2D eigenvalue weighted by molar-refractivity contribution is 6.30. The first-order valence-electron chi connectivity index (χ1n) is 11.2. The molecule has 1 amide bonds. The molecule has 0 saturated carbocycles.